The Morgan fingerprint density at radius 3 is 2.83 bits per heavy atom. The van der Waals surface area contributed by atoms with Crippen LogP contribution >= 0.6 is 0 Å². The summed E-state index contributed by atoms with van der Waals surface area (Å²) >= 11 is 0. The third kappa shape index (κ3) is 3.52. The Hall–Kier alpha value is -0.480. The van der Waals surface area contributed by atoms with E-state index >= 15 is 0 Å². The zero-order chi connectivity index (χ0) is 4.83. The third-order valence-electron chi connectivity index (χ3n) is 0.333. The number of hydrogen-bond acceptors (Lipinski definition) is 1. The second-order valence-electron chi connectivity index (χ2n) is 0.751. The van der Waals surface area contributed by atoms with Gasteiger partial charge in [-0.1, -0.05) is 5.92 Å². The first kappa shape index (κ1) is 5.52. The van der Waals surface area contributed by atoms with E-state index in [9.17, 15) is 0 Å². The van der Waals surface area contributed by atoms with Crippen molar-refractivity contribution >= 4 is 0 Å². The van der Waals surface area contributed by atoms with Crippen molar-refractivity contribution in [2.45, 2.75) is 6.92 Å². The zero-order valence-corrected chi connectivity index (χ0v) is 3.77. The summed E-state index contributed by atoms with van der Waals surface area (Å²) in [6, 6.07) is 0. The van der Waals surface area contributed by atoms with Gasteiger partial charge in [0.05, 0.1) is 6.61 Å². The lowest BCUT2D eigenvalue weighted by Gasteiger charge is -1.85. The molecule has 0 atom stereocenters. The van der Waals surface area contributed by atoms with Crippen molar-refractivity contribution in [1.82, 2.24) is 0 Å². The molecule has 0 aromatic rings. The van der Waals surface area contributed by atoms with Crippen LogP contribution in [0.15, 0.2) is 0 Å². The molecule has 33 valence electrons. The van der Waals surface area contributed by atoms with Gasteiger partial charge in [-0.15, -0.1) is 6.42 Å². The first-order chi connectivity index (χ1) is 2.91. The molecular weight excluding hydrogens is 76.1 g/mol. The van der Waals surface area contributed by atoms with Gasteiger partial charge >= 0.3 is 0 Å². The van der Waals surface area contributed by atoms with Crippen LogP contribution < -0.4 is 0 Å². The normalized spacial score (nSPS) is 7.33. The summed E-state index contributed by atoms with van der Waals surface area (Å²) in [5.74, 6) is 2.32. The quantitative estimate of drug-likeness (QED) is 0.354. The summed E-state index contributed by atoms with van der Waals surface area (Å²) in [6.45, 7) is 3.74. The van der Waals surface area contributed by atoms with Crippen molar-refractivity contribution in [2.75, 3.05) is 6.61 Å². The van der Waals surface area contributed by atoms with Crippen molar-refractivity contribution in [3.63, 3.8) is 0 Å². The van der Waals surface area contributed by atoms with Crippen molar-refractivity contribution in [2.24, 2.45) is 0 Å². The maximum absolute atomic E-state index is 4.82. The fraction of sp³-hybridized carbons (Fsp3) is 0.400. The maximum Gasteiger partial charge on any atom is 0.107 e. The lowest BCUT2D eigenvalue weighted by Crippen LogP contribution is -1.81. The fourth-order valence-corrected chi connectivity index (χ4v) is 0.131. The third-order valence-corrected chi connectivity index (χ3v) is 0.333. The standard InChI is InChI=1S/C5H7O/c1-3-5-6-4-2/h1,4H,5H2,2H3. The molecule has 0 fully saturated rings. The van der Waals surface area contributed by atoms with Crippen LogP contribution in [0.2, 0.25) is 0 Å². The highest BCUT2D eigenvalue weighted by molar-refractivity contribution is 4.83. The van der Waals surface area contributed by atoms with E-state index in [-0.39, 0.29) is 0 Å². The van der Waals surface area contributed by atoms with Gasteiger partial charge in [0.15, 0.2) is 0 Å². The summed E-state index contributed by atoms with van der Waals surface area (Å²) in [5, 5.41) is 0. The first-order valence-electron chi connectivity index (χ1n) is 1.74. The largest absolute Gasteiger partial charge is 0.363 e. The summed E-state index contributed by atoms with van der Waals surface area (Å²) < 4.78 is 4.62. The Kier molecular flexibility index (Phi) is 4.16. The molecule has 0 saturated heterocycles. The van der Waals surface area contributed by atoms with Crippen LogP contribution in [-0.2, 0) is 4.74 Å². The number of ether oxygens (including phenoxy) is 1. The van der Waals surface area contributed by atoms with Gasteiger partial charge < -0.3 is 4.74 Å². The molecule has 0 aliphatic rings. The molecule has 0 unspecified atom stereocenters. The summed E-state index contributed by atoms with van der Waals surface area (Å²) in [6.07, 6.45) is 4.82. The zero-order valence-electron chi connectivity index (χ0n) is 3.77. The Morgan fingerprint density at radius 2 is 2.67 bits per heavy atom. The number of terminal acetylenes is 1. The van der Waals surface area contributed by atoms with E-state index in [0.29, 0.717) is 6.61 Å². The molecule has 1 nitrogen and oxygen atoms in total. The van der Waals surface area contributed by atoms with Crippen LogP contribution in [0.3, 0.4) is 0 Å². The Morgan fingerprint density at radius 1 is 2.00 bits per heavy atom. The minimum atomic E-state index is 0.385. The molecule has 0 aromatic heterocycles. The topological polar surface area (TPSA) is 9.23 Å². The minimum absolute atomic E-state index is 0.385. The van der Waals surface area contributed by atoms with Crippen molar-refractivity contribution < 1.29 is 4.74 Å². The Bertz CT molecular complexity index is 51.4. The average molecular weight is 83.1 g/mol. The Balaban J connectivity index is 2.54. The monoisotopic (exact) mass is 83.0 g/mol. The van der Waals surface area contributed by atoms with Crippen LogP contribution in [-0.4, -0.2) is 6.61 Å². The van der Waals surface area contributed by atoms with Gasteiger partial charge in [0.1, 0.15) is 6.61 Å². The lowest BCUT2D eigenvalue weighted by atomic mass is 10.7. The summed E-state index contributed by atoms with van der Waals surface area (Å²) in [7, 11) is 0. The highest BCUT2D eigenvalue weighted by Crippen LogP contribution is 1.72. The highest BCUT2D eigenvalue weighted by Gasteiger charge is 1.68. The van der Waals surface area contributed by atoms with E-state index in [4.69, 9.17) is 6.42 Å². The van der Waals surface area contributed by atoms with Gasteiger partial charge in [-0.25, -0.2) is 0 Å². The molecule has 0 heterocycles. The van der Waals surface area contributed by atoms with Crippen LogP contribution in [0.1, 0.15) is 6.92 Å². The predicted molar refractivity (Wildman–Crippen MR) is 24.8 cm³/mol. The smallest absolute Gasteiger partial charge is 0.107 e. The average Bonchev–Trinajstić information content (AvgIpc) is 1.61. The van der Waals surface area contributed by atoms with E-state index in [0.717, 1.165) is 0 Å². The summed E-state index contributed by atoms with van der Waals surface area (Å²) in [4.78, 5) is 0. The summed E-state index contributed by atoms with van der Waals surface area (Å²) in [5.41, 5.74) is 0. The van der Waals surface area contributed by atoms with Gasteiger partial charge in [0.2, 0.25) is 0 Å². The van der Waals surface area contributed by atoms with Gasteiger partial charge in [0.25, 0.3) is 0 Å². The second kappa shape index (κ2) is 4.52. The molecular formula is C5H7O. The Labute approximate surface area is 38.3 Å². The van der Waals surface area contributed by atoms with E-state index < -0.39 is 0 Å². The molecule has 0 spiro atoms. The van der Waals surface area contributed by atoms with Crippen LogP contribution in [0.5, 0.6) is 0 Å². The molecule has 1 heteroatoms. The van der Waals surface area contributed by atoms with Crippen LogP contribution in [0, 0.1) is 19.0 Å². The van der Waals surface area contributed by atoms with E-state index in [2.05, 4.69) is 10.7 Å². The van der Waals surface area contributed by atoms with Crippen molar-refractivity contribution in [1.29, 1.82) is 0 Å². The molecule has 0 amide bonds. The van der Waals surface area contributed by atoms with Crippen LogP contribution in [0.25, 0.3) is 0 Å². The second-order valence-corrected chi connectivity index (χ2v) is 0.751. The van der Waals surface area contributed by atoms with E-state index in [1.807, 2.05) is 0 Å². The molecule has 0 rings (SSSR count). The number of rotatable bonds is 2. The van der Waals surface area contributed by atoms with Crippen LogP contribution in [0.4, 0.5) is 0 Å². The highest BCUT2D eigenvalue weighted by atomic mass is 16.5. The molecule has 1 radical (unpaired) electrons. The fourth-order valence-electron chi connectivity index (χ4n) is 0.131. The molecule has 0 aromatic carbocycles. The van der Waals surface area contributed by atoms with Gasteiger partial charge in [0, 0.05) is 0 Å². The lowest BCUT2D eigenvalue weighted by molar-refractivity contribution is 0.245. The molecule has 0 aliphatic carbocycles. The van der Waals surface area contributed by atoms with Gasteiger partial charge in [-0.2, -0.15) is 0 Å². The molecule has 0 saturated carbocycles. The van der Waals surface area contributed by atoms with Crippen molar-refractivity contribution in [3.8, 4) is 12.3 Å². The van der Waals surface area contributed by atoms with Crippen molar-refractivity contribution in [3.05, 3.63) is 6.61 Å². The van der Waals surface area contributed by atoms with E-state index in [1.54, 1.807) is 13.5 Å². The number of hydrogen-bond donors (Lipinski definition) is 0. The van der Waals surface area contributed by atoms with Gasteiger partial charge in [-0.05, 0) is 6.92 Å². The molecule has 0 N–H and O–H groups in total. The minimum Gasteiger partial charge on any atom is -0.363 e. The predicted octanol–water partition coefficient (Wildman–Crippen LogP) is 0.818. The van der Waals surface area contributed by atoms with Gasteiger partial charge in [-0.3, -0.25) is 0 Å². The maximum atomic E-state index is 4.82. The SMILES string of the molecule is C#CCO[CH]C. The molecule has 0 bridgehead atoms. The van der Waals surface area contributed by atoms with E-state index in [1.165, 1.54) is 0 Å². The molecule has 6 heavy (non-hydrogen) atoms. The molecule has 0 aliphatic heterocycles. The first-order valence-corrected chi connectivity index (χ1v) is 1.74.